The Kier molecular flexibility index (Phi) is 7.50. The number of pyridine rings is 1. The number of nitrogens with one attached hydrogen (secondary N) is 2. The third kappa shape index (κ3) is 5.97. The summed E-state index contributed by atoms with van der Waals surface area (Å²) in [5.41, 5.74) is -0.443. The predicted octanol–water partition coefficient (Wildman–Crippen LogP) is 2.56. The molecule has 1 aliphatic heterocycles. The average molecular weight is 501 g/mol. The van der Waals surface area contributed by atoms with E-state index in [1.807, 2.05) is 0 Å². The van der Waals surface area contributed by atoms with Gasteiger partial charge in [-0.15, -0.1) is 6.42 Å². The summed E-state index contributed by atoms with van der Waals surface area (Å²) in [5.74, 6) is 1.43. The van der Waals surface area contributed by atoms with Crippen LogP contribution >= 0.6 is 0 Å². The van der Waals surface area contributed by atoms with Gasteiger partial charge in [0.05, 0.1) is 18.2 Å². The maximum atomic E-state index is 12.8. The van der Waals surface area contributed by atoms with Crippen LogP contribution in [0.1, 0.15) is 53.2 Å². The minimum atomic E-state index is -4.55. The van der Waals surface area contributed by atoms with Gasteiger partial charge < -0.3 is 15.2 Å². The molecule has 0 radical (unpaired) electrons. The minimum Gasteiger partial charge on any atom is -0.349 e. The largest absolute Gasteiger partial charge is 0.416 e. The molecule has 0 spiro atoms. The van der Waals surface area contributed by atoms with E-state index in [1.54, 1.807) is 16.8 Å². The minimum absolute atomic E-state index is 0.0457. The molecular weight excluding hydrogens is 473 g/mol. The Hall–Kier alpha value is -3.58. The maximum Gasteiger partial charge on any atom is 0.416 e. The number of carbonyl (C=O) groups excluding carboxylic acids is 2. The van der Waals surface area contributed by atoms with E-state index in [0.717, 1.165) is 43.9 Å². The highest BCUT2D eigenvalue weighted by Gasteiger charge is 2.35. The molecule has 0 atom stereocenters. The monoisotopic (exact) mass is 500 g/mol. The number of halogens is 3. The number of aromatic nitrogens is 1. The Labute approximate surface area is 206 Å². The molecule has 2 fully saturated rings. The van der Waals surface area contributed by atoms with Crippen LogP contribution in [0.3, 0.4) is 0 Å². The summed E-state index contributed by atoms with van der Waals surface area (Å²) in [6.07, 6.45) is 6.26. The smallest absolute Gasteiger partial charge is 0.349 e. The SMILES string of the molecule is C#Cc1ccc(=O)n([C@H]2CC[C@@H](N3CC(NC(=O)CNC(=O)c4cccc(C(F)(F)F)c4)C3)CC2)c1. The molecule has 0 unspecified atom stereocenters. The molecule has 1 saturated heterocycles. The fourth-order valence-electron chi connectivity index (χ4n) is 4.86. The Morgan fingerprint density at radius 2 is 1.75 bits per heavy atom. The van der Waals surface area contributed by atoms with Crippen LogP contribution in [-0.2, 0) is 11.0 Å². The molecule has 2 aliphatic rings. The number of carbonyl (C=O) groups is 2. The second-order valence-electron chi connectivity index (χ2n) is 9.25. The summed E-state index contributed by atoms with van der Waals surface area (Å²) in [6, 6.07) is 7.67. The lowest BCUT2D eigenvalue weighted by Gasteiger charge is -2.46. The van der Waals surface area contributed by atoms with Gasteiger partial charge in [-0.1, -0.05) is 12.0 Å². The highest BCUT2D eigenvalue weighted by atomic mass is 19.4. The lowest BCUT2D eigenvalue weighted by atomic mass is 9.87. The highest BCUT2D eigenvalue weighted by molar-refractivity contribution is 5.96. The fourth-order valence-corrected chi connectivity index (χ4v) is 4.86. The van der Waals surface area contributed by atoms with Gasteiger partial charge in [0.1, 0.15) is 0 Å². The third-order valence-corrected chi connectivity index (χ3v) is 6.82. The molecule has 2 aromatic rings. The van der Waals surface area contributed by atoms with Gasteiger partial charge in [0, 0.05) is 48.6 Å². The number of amides is 2. The van der Waals surface area contributed by atoms with Crippen molar-refractivity contribution in [2.45, 2.75) is 50.0 Å². The number of benzene rings is 1. The fraction of sp³-hybridized carbons (Fsp3) is 0.423. The quantitative estimate of drug-likeness (QED) is 0.598. The van der Waals surface area contributed by atoms with Crippen LogP contribution in [0.4, 0.5) is 13.2 Å². The van der Waals surface area contributed by atoms with Crippen molar-refractivity contribution >= 4 is 11.8 Å². The topological polar surface area (TPSA) is 83.4 Å². The van der Waals surface area contributed by atoms with Gasteiger partial charge in [-0.3, -0.25) is 19.3 Å². The van der Waals surface area contributed by atoms with E-state index in [2.05, 4.69) is 21.5 Å². The van der Waals surface area contributed by atoms with Crippen LogP contribution in [0.5, 0.6) is 0 Å². The van der Waals surface area contributed by atoms with Gasteiger partial charge in [-0.2, -0.15) is 13.2 Å². The van der Waals surface area contributed by atoms with Crippen molar-refractivity contribution in [2.24, 2.45) is 0 Å². The predicted molar refractivity (Wildman–Crippen MR) is 127 cm³/mol. The number of alkyl halides is 3. The first-order valence-electron chi connectivity index (χ1n) is 11.8. The van der Waals surface area contributed by atoms with E-state index >= 15 is 0 Å². The Balaban J connectivity index is 1.18. The summed E-state index contributed by atoms with van der Waals surface area (Å²) >= 11 is 0. The average Bonchev–Trinajstić information content (AvgIpc) is 2.84. The van der Waals surface area contributed by atoms with Crippen molar-refractivity contribution in [3.63, 3.8) is 0 Å². The van der Waals surface area contributed by atoms with Gasteiger partial charge in [-0.05, 0) is 49.9 Å². The van der Waals surface area contributed by atoms with Gasteiger partial charge in [0.15, 0.2) is 0 Å². The highest BCUT2D eigenvalue weighted by Crippen LogP contribution is 2.32. The van der Waals surface area contributed by atoms with Crippen LogP contribution in [0.2, 0.25) is 0 Å². The number of nitrogens with zero attached hydrogens (tertiary/aromatic N) is 2. The van der Waals surface area contributed by atoms with Gasteiger partial charge in [0.25, 0.3) is 11.5 Å². The summed E-state index contributed by atoms with van der Waals surface area (Å²) in [5, 5.41) is 5.21. The standard InChI is InChI=1S/C26H27F3N4O3/c1-2-17-6-11-24(35)33(14-17)22-9-7-21(8-10-22)32-15-20(16-32)31-23(34)13-30-25(36)18-4-3-5-19(12-18)26(27,28)29/h1,3-6,11-12,14,20-22H,7-10,13,15-16H2,(H,30,36)(H,31,34)/t21-,22+. The van der Waals surface area contributed by atoms with E-state index in [1.165, 1.54) is 12.1 Å². The molecule has 1 aliphatic carbocycles. The maximum absolute atomic E-state index is 12.8. The van der Waals surface area contributed by atoms with E-state index in [4.69, 9.17) is 6.42 Å². The number of rotatable bonds is 6. The molecule has 0 bridgehead atoms. The Morgan fingerprint density at radius 3 is 2.42 bits per heavy atom. The zero-order chi connectivity index (χ0) is 25.9. The lowest BCUT2D eigenvalue weighted by molar-refractivity contribution is -0.137. The molecule has 2 heterocycles. The Bertz CT molecular complexity index is 1220. The zero-order valence-corrected chi connectivity index (χ0v) is 19.6. The summed E-state index contributed by atoms with van der Waals surface area (Å²) in [6.45, 7) is 1.06. The second kappa shape index (κ2) is 10.6. The van der Waals surface area contributed by atoms with Crippen LogP contribution in [0.15, 0.2) is 47.4 Å². The zero-order valence-electron chi connectivity index (χ0n) is 19.6. The molecule has 7 nitrogen and oxygen atoms in total. The van der Waals surface area contributed by atoms with Crippen molar-refractivity contribution in [1.82, 2.24) is 20.1 Å². The lowest BCUT2D eigenvalue weighted by Crippen LogP contribution is -2.63. The first-order valence-corrected chi connectivity index (χ1v) is 11.8. The first kappa shape index (κ1) is 25.5. The van der Waals surface area contributed by atoms with Gasteiger partial charge in [-0.25, -0.2) is 0 Å². The van der Waals surface area contributed by atoms with Crippen molar-refractivity contribution < 1.29 is 22.8 Å². The second-order valence-corrected chi connectivity index (χ2v) is 9.25. The third-order valence-electron chi connectivity index (χ3n) is 6.82. The van der Waals surface area contributed by atoms with E-state index < -0.39 is 23.6 Å². The molecular formula is C26H27F3N4O3. The van der Waals surface area contributed by atoms with Crippen molar-refractivity contribution in [1.29, 1.82) is 0 Å². The van der Waals surface area contributed by atoms with Gasteiger partial charge in [0.2, 0.25) is 5.91 Å². The van der Waals surface area contributed by atoms with Crippen molar-refractivity contribution in [3.8, 4) is 12.3 Å². The van der Waals surface area contributed by atoms with Crippen molar-refractivity contribution in [2.75, 3.05) is 19.6 Å². The number of hydrogen-bond acceptors (Lipinski definition) is 4. The molecule has 10 heteroatoms. The molecule has 2 amide bonds. The van der Waals surface area contributed by atoms with E-state index in [9.17, 15) is 27.6 Å². The molecule has 4 rings (SSSR count). The molecule has 190 valence electrons. The van der Waals surface area contributed by atoms with E-state index in [-0.39, 0.29) is 29.8 Å². The van der Waals surface area contributed by atoms with Crippen LogP contribution in [0, 0.1) is 12.3 Å². The molecule has 2 N–H and O–H groups in total. The number of hydrogen-bond donors (Lipinski definition) is 2. The molecule has 1 saturated carbocycles. The Morgan fingerprint density at radius 1 is 1.06 bits per heavy atom. The normalized spacial score (nSPS) is 20.7. The van der Waals surface area contributed by atoms with Crippen LogP contribution in [-0.4, -0.2) is 53.0 Å². The molecule has 1 aromatic heterocycles. The van der Waals surface area contributed by atoms with E-state index in [0.29, 0.717) is 24.7 Å². The number of likely N-dealkylation sites (tertiary alicyclic amines) is 1. The van der Waals surface area contributed by atoms with Crippen LogP contribution < -0.4 is 16.2 Å². The first-order chi connectivity index (χ1) is 17.1. The summed E-state index contributed by atoms with van der Waals surface area (Å²) in [7, 11) is 0. The molecule has 36 heavy (non-hydrogen) atoms. The summed E-state index contributed by atoms with van der Waals surface area (Å²) < 4.78 is 40.2. The van der Waals surface area contributed by atoms with Crippen molar-refractivity contribution in [3.05, 3.63) is 69.6 Å². The number of terminal acetylenes is 1. The van der Waals surface area contributed by atoms with Gasteiger partial charge >= 0.3 is 6.18 Å². The molecule has 1 aromatic carbocycles. The summed E-state index contributed by atoms with van der Waals surface area (Å²) in [4.78, 5) is 38.9. The van der Waals surface area contributed by atoms with Crippen LogP contribution in [0.25, 0.3) is 0 Å².